The SMILES string of the molecule is C=CCOC(=O)N[C@](CC=C)(CC(=O)O)C(=O)O. The monoisotopic (exact) mass is 257 g/mol. The van der Waals surface area contributed by atoms with E-state index in [1.165, 1.54) is 12.2 Å². The molecule has 0 saturated heterocycles. The first kappa shape index (κ1) is 15.7. The molecule has 0 spiro atoms. The quantitative estimate of drug-likeness (QED) is 0.553. The number of carboxylic acid groups (broad SMARTS) is 2. The van der Waals surface area contributed by atoms with Gasteiger partial charge in [-0.15, -0.1) is 6.58 Å². The van der Waals surface area contributed by atoms with Gasteiger partial charge in [0.2, 0.25) is 0 Å². The number of aliphatic carboxylic acids is 2. The molecule has 0 aromatic carbocycles. The van der Waals surface area contributed by atoms with Gasteiger partial charge in [-0.25, -0.2) is 9.59 Å². The molecule has 0 rings (SSSR count). The fourth-order valence-corrected chi connectivity index (χ4v) is 1.25. The van der Waals surface area contributed by atoms with E-state index in [4.69, 9.17) is 10.2 Å². The van der Waals surface area contributed by atoms with Crippen LogP contribution in [0.3, 0.4) is 0 Å². The summed E-state index contributed by atoms with van der Waals surface area (Å²) < 4.78 is 4.57. The Morgan fingerprint density at radius 3 is 2.22 bits per heavy atom. The van der Waals surface area contributed by atoms with Crippen molar-refractivity contribution in [3.8, 4) is 0 Å². The highest BCUT2D eigenvalue weighted by Gasteiger charge is 2.41. The van der Waals surface area contributed by atoms with Crippen molar-refractivity contribution in [2.45, 2.75) is 18.4 Å². The van der Waals surface area contributed by atoms with Crippen molar-refractivity contribution in [1.82, 2.24) is 5.32 Å². The zero-order valence-electron chi connectivity index (χ0n) is 9.72. The van der Waals surface area contributed by atoms with Crippen LogP contribution in [0.5, 0.6) is 0 Å². The Balaban J connectivity index is 4.98. The van der Waals surface area contributed by atoms with Crippen molar-refractivity contribution >= 4 is 18.0 Å². The molecule has 1 atom stereocenters. The maximum absolute atomic E-state index is 11.3. The summed E-state index contributed by atoms with van der Waals surface area (Å²) >= 11 is 0. The lowest BCUT2D eigenvalue weighted by molar-refractivity contribution is -0.151. The van der Waals surface area contributed by atoms with Crippen molar-refractivity contribution in [3.05, 3.63) is 25.3 Å². The Labute approximate surface area is 104 Å². The van der Waals surface area contributed by atoms with Gasteiger partial charge in [-0.1, -0.05) is 18.7 Å². The van der Waals surface area contributed by atoms with E-state index in [1.54, 1.807) is 0 Å². The smallest absolute Gasteiger partial charge is 0.408 e. The Hall–Kier alpha value is -2.31. The Morgan fingerprint density at radius 1 is 1.22 bits per heavy atom. The lowest BCUT2D eigenvalue weighted by Crippen LogP contribution is -2.55. The van der Waals surface area contributed by atoms with E-state index in [0.29, 0.717) is 0 Å². The molecular formula is C11H15NO6. The summed E-state index contributed by atoms with van der Waals surface area (Å²) in [7, 11) is 0. The van der Waals surface area contributed by atoms with E-state index in [1.807, 2.05) is 5.32 Å². The summed E-state index contributed by atoms with van der Waals surface area (Å²) in [4.78, 5) is 33.1. The van der Waals surface area contributed by atoms with Crippen LogP contribution in [0, 0.1) is 0 Å². The molecule has 18 heavy (non-hydrogen) atoms. The van der Waals surface area contributed by atoms with Crippen LogP contribution < -0.4 is 5.32 Å². The number of hydrogen-bond donors (Lipinski definition) is 3. The molecule has 0 aromatic heterocycles. The molecule has 0 radical (unpaired) electrons. The lowest BCUT2D eigenvalue weighted by atomic mass is 9.91. The van der Waals surface area contributed by atoms with Crippen LogP contribution in [0.4, 0.5) is 4.79 Å². The second-order valence-electron chi connectivity index (χ2n) is 3.46. The van der Waals surface area contributed by atoms with Gasteiger partial charge in [0, 0.05) is 0 Å². The number of alkyl carbamates (subject to hydrolysis) is 1. The predicted octanol–water partition coefficient (Wildman–Crippen LogP) is 0.773. The Bertz CT molecular complexity index is 365. The number of carbonyl (C=O) groups excluding carboxylic acids is 1. The summed E-state index contributed by atoms with van der Waals surface area (Å²) in [6.45, 7) is 6.55. The first-order chi connectivity index (χ1) is 8.38. The molecule has 0 unspecified atom stereocenters. The van der Waals surface area contributed by atoms with Crippen molar-refractivity contribution in [3.63, 3.8) is 0 Å². The van der Waals surface area contributed by atoms with Crippen molar-refractivity contribution in [1.29, 1.82) is 0 Å². The van der Waals surface area contributed by atoms with Gasteiger partial charge >= 0.3 is 18.0 Å². The molecule has 0 heterocycles. The fourth-order valence-electron chi connectivity index (χ4n) is 1.25. The molecule has 0 fully saturated rings. The zero-order valence-corrected chi connectivity index (χ0v) is 9.72. The summed E-state index contributed by atoms with van der Waals surface area (Å²) in [5.74, 6) is -2.83. The maximum atomic E-state index is 11.3. The van der Waals surface area contributed by atoms with Crippen LogP contribution in [-0.4, -0.2) is 40.4 Å². The van der Waals surface area contributed by atoms with Gasteiger partial charge in [-0.05, 0) is 6.42 Å². The number of nitrogens with one attached hydrogen (secondary N) is 1. The average Bonchev–Trinajstić information content (AvgIpc) is 2.25. The third-order valence-electron chi connectivity index (χ3n) is 2.03. The van der Waals surface area contributed by atoms with Gasteiger partial charge in [0.1, 0.15) is 6.61 Å². The minimum Gasteiger partial charge on any atom is -0.481 e. The van der Waals surface area contributed by atoms with E-state index in [-0.39, 0.29) is 13.0 Å². The fraction of sp³-hybridized carbons (Fsp3) is 0.364. The molecule has 1 amide bonds. The average molecular weight is 257 g/mol. The molecule has 7 heteroatoms. The topological polar surface area (TPSA) is 113 Å². The second-order valence-corrected chi connectivity index (χ2v) is 3.46. The van der Waals surface area contributed by atoms with Crippen LogP contribution in [0.15, 0.2) is 25.3 Å². The first-order valence-corrected chi connectivity index (χ1v) is 5.00. The predicted molar refractivity (Wildman–Crippen MR) is 62.1 cm³/mol. The highest BCUT2D eigenvalue weighted by Crippen LogP contribution is 2.17. The van der Waals surface area contributed by atoms with Crippen LogP contribution in [-0.2, 0) is 14.3 Å². The first-order valence-electron chi connectivity index (χ1n) is 5.00. The summed E-state index contributed by atoms with van der Waals surface area (Å²) in [6, 6.07) is 0. The highest BCUT2D eigenvalue weighted by atomic mass is 16.5. The van der Waals surface area contributed by atoms with Crippen LogP contribution >= 0.6 is 0 Å². The third kappa shape index (κ3) is 4.69. The molecule has 0 bridgehead atoms. The highest BCUT2D eigenvalue weighted by molar-refractivity contribution is 5.89. The van der Waals surface area contributed by atoms with Crippen molar-refractivity contribution in [2.75, 3.05) is 6.61 Å². The maximum Gasteiger partial charge on any atom is 0.408 e. The number of rotatable bonds is 8. The van der Waals surface area contributed by atoms with Crippen molar-refractivity contribution in [2.24, 2.45) is 0 Å². The Kier molecular flexibility index (Phi) is 6.19. The molecule has 0 aliphatic carbocycles. The lowest BCUT2D eigenvalue weighted by Gasteiger charge is -2.27. The van der Waals surface area contributed by atoms with Crippen molar-refractivity contribution < 1.29 is 29.3 Å². The van der Waals surface area contributed by atoms with Gasteiger partial charge < -0.3 is 20.3 Å². The molecule has 7 nitrogen and oxygen atoms in total. The largest absolute Gasteiger partial charge is 0.481 e. The molecule has 100 valence electrons. The molecule has 0 saturated carbocycles. The Morgan fingerprint density at radius 2 is 1.83 bits per heavy atom. The van der Waals surface area contributed by atoms with E-state index < -0.39 is 30.0 Å². The molecule has 0 aliphatic rings. The molecule has 0 aromatic rings. The minimum atomic E-state index is -1.97. The van der Waals surface area contributed by atoms with Gasteiger partial charge in [-0.3, -0.25) is 4.79 Å². The van der Waals surface area contributed by atoms with Crippen LogP contribution in [0.25, 0.3) is 0 Å². The van der Waals surface area contributed by atoms with Gasteiger partial charge in [0.25, 0.3) is 0 Å². The molecule has 0 aliphatic heterocycles. The van der Waals surface area contributed by atoms with Crippen LogP contribution in [0.2, 0.25) is 0 Å². The van der Waals surface area contributed by atoms with E-state index in [9.17, 15) is 14.4 Å². The molecule has 3 N–H and O–H groups in total. The summed E-state index contributed by atoms with van der Waals surface area (Å²) in [6.07, 6.45) is 0.466. The normalized spacial score (nSPS) is 12.9. The second kappa shape index (κ2) is 7.10. The summed E-state index contributed by atoms with van der Waals surface area (Å²) in [5, 5.41) is 19.8. The number of amides is 1. The van der Waals surface area contributed by atoms with Crippen LogP contribution in [0.1, 0.15) is 12.8 Å². The van der Waals surface area contributed by atoms with E-state index in [0.717, 1.165) is 0 Å². The number of hydrogen-bond acceptors (Lipinski definition) is 4. The molecular weight excluding hydrogens is 242 g/mol. The number of carboxylic acids is 2. The van der Waals surface area contributed by atoms with Gasteiger partial charge in [0.15, 0.2) is 5.54 Å². The third-order valence-corrected chi connectivity index (χ3v) is 2.03. The van der Waals surface area contributed by atoms with Gasteiger partial charge in [-0.2, -0.15) is 0 Å². The standard InChI is InChI=1S/C11H15NO6/c1-3-5-11(9(15)16,7-8(13)14)12-10(17)18-6-4-2/h3-4H,1-2,5-7H2,(H,12,17)(H,13,14)(H,15,16)/t11-/m1/s1. The number of ether oxygens (including phenoxy) is 1. The van der Waals surface area contributed by atoms with Gasteiger partial charge in [0.05, 0.1) is 6.42 Å². The van der Waals surface area contributed by atoms with E-state index in [2.05, 4.69) is 17.9 Å². The summed E-state index contributed by atoms with van der Waals surface area (Å²) in [5.41, 5.74) is -1.97. The number of carbonyl (C=O) groups is 3. The minimum absolute atomic E-state index is 0.108. The van der Waals surface area contributed by atoms with E-state index >= 15 is 0 Å². The zero-order chi connectivity index (χ0) is 14.2.